The fourth-order valence-electron chi connectivity index (χ4n) is 3.11. The molecule has 1 aliphatic heterocycles. The molecule has 27 heavy (non-hydrogen) atoms. The molecule has 1 aromatic carbocycles. The van der Waals surface area contributed by atoms with E-state index in [0.717, 1.165) is 30.8 Å². The Kier molecular flexibility index (Phi) is 4.72. The first kappa shape index (κ1) is 17.8. The minimum Gasteiger partial charge on any atom is -0.397 e. The van der Waals surface area contributed by atoms with Gasteiger partial charge >= 0.3 is 0 Å². The van der Waals surface area contributed by atoms with E-state index in [0.29, 0.717) is 22.1 Å². The second-order valence-corrected chi connectivity index (χ2v) is 7.80. The lowest BCUT2D eigenvalue weighted by Gasteiger charge is -2.20. The lowest BCUT2D eigenvalue weighted by atomic mass is 10.1. The van der Waals surface area contributed by atoms with E-state index in [9.17, 15) is 9.18 Å². The van der Waals surface area contributed by atoms with Gasteiger partial charge in [-0.05, 0) is 49.9 Å². The predicted molar refractivity (Wildman–Crippen MR) is 104 cm³/mol. The molecule has 4 rings (SSSR count). The Morgan fingerprint density at radius 2 is 2.00 bits per heavy atom. The summed E-state index contributed by atoms with van der Waals surface area (Å²) in [4.78, 5) is 25.2. The van der Waals surface area contributed by atoms with Crippen LogP contribution in [0.4, 0.5) is 10.1 Å². The van der Waals surface area contributed by atoms with Crippen molar-refractivity contribution < 1.29 is 9.18 Å². The van der Waals surface area contributed by atoms with E-state index in [1.165, 1.54) is 28.3 Å². The summed E-state index contributed by atoms with van der Waals surface area (Å²) in [6.45, 7) is 1.76. The maximum atomic E-state index is 13.1. The molecule has 0 fully saturated rings. The minimum atomic E-state index is -0.303. The summed E-state index contributed by atoms with van der Waals surface area (Å²) in [5, 5.41) is 0.517. The average molecular weight is 382 g/mol. The van der Waals surface area contributed by atoms with E-state index in [1.807, 2.05) is 0 Å². The molecule has 3 heterocycles. The number of ketones is 1. The highest BCUT2D eigenvalue weighted by Gasteiger charge is 2.22. The maximum absolute atomic E-state index is 13.1. The number of fused-ring (bicyclic) bond motifs is 1. The van der Waals surface area contributed by atoms with Gasteiger partial charge in [0.1, 0.15) is 5.82 Å². The van der Waals surface area contributed by atoms with Crippen LogP contribution in [-0.2, 0) is 19.4 Å². The number of nitrogen functional groups attached to an aromatic ring is 1. The highest BCUT2D eigenvalue weighted by Crippen LogP contribution is 2.26. The smallest absolute Gasteiger partial charge is 0.197 e. The average Bonchev–Trinajstić information content (AvgIpc) is 3.07. The van der Waals surface area contributed by atoms with Crippen LogP contribution < -0.4 is 5.73 Å². The summed E-state index contributed by atoms with van der Waals surface area (Å²) in [5.41, 5.74) is 9.46. The van der Waals surface area contributed by atoms with Crippen LogP contribution in [0.15, 0.2) is 36.4 Å². The number of benzene rings is 1. The summed E-state index contributed by atoms with van der Waals surface area (Å²) >= 11 is 1.48. The van der Waals surface area contributed by atoms with Gasteiger partial charge in [-0.2, -0.15) is 0 Å². The lowest BCUT2D eigenvalue weighted by Crippen LogP contribution is -2.25. The Balaban J connectivity index is 1.58. The van der Waals surface area contributed by atoms with Crippen LogP contribution >= 0.6 is 11.3 Å². The zero-order valence-corrected chi connectivity index (χ0v) is 15.7. The van der Waals surface area contributed by atoms with Crippen molar-refractivity contribution in [3.05, 3.63) is 63.5 Å². The normalized spacial score (nSPS) is 14.1. The van der Waals surface area contributed by atoms with E-state index in [-0.39, 0.29) is 18.0 Å². The number of hydrogen-bond donors (Lipinski definition) is 1. The molecule has 0 bridgehead atoms. The van der Waals surface area contributed by atoms with Crippen LogP contribution in [0.1, 0.15) is 26.1 Å². The van der Waals surface area contributed by atoms with Crippen molar-refractivity contribution in [3.8, 4) is 11.3 Å². The van der Waals surface area contributed by atoms with Gasteiger partial charge in [0, 0.05) is 23.5 Å². The molecular formula is C20H19FN4OS. The van der Waals surface area contributed by atoms with E-state index in [4.69, 9.17) is 5.73 Å². The Bertz CT molecular complexity index is 1000. The van der Waals surface area contributed by atoms with Crippen molar-refractivity contribution in [2.75, 3.05) is 19.3 Å². The van der Waals surface area contributed by atoms with Gasteiger partial charge in [0.2, 0.25) is 0 Å². The van der Waals surface area contributed by atoms with Gasteiger partial charge < -0.3 is 10.6 Å². The highest BCUT2D eigenvalue weighted by atomic mass is 32.1. The molecule has 0 radical (unpaired) electrons. The molecule has 3 aromatic rings. The molecule has 7 heteroatoms. The minimum absolute atomic E-state index is 0.0764. The second kappa shape index (κ2) is 7.17. The molecule has 138 valence electrons. The number of likely N-dealkylation sites (N-methyl/N-ethyl adjacent to an activating group) is 1. The molecule has 5 nitrogen and oxygen atoms in total. The Morgan fingerprint density at radius 1 is 1.22 bits per heavy atom. The predicted octanol–water partition coefficient (Wildman–Crippen LogP) is 3.34. The summed E-state index contributed by atoms with van der Waals surface area (Å²) in [6, 6.07) is 9.59. The number of anilines is 1. The highest BCUT2D eigenvalue weighted by molar-refractivity contribution is 7.13. The molecule has 0 atom stereocenters. The van der Waals surface area contributed by atoms with Crippen molar-refractivity contribution in [1.82, 2.24) is 14.9 Å². The first-order valence-electron chi connectivity index (χ1n) is 8.71. The number of thiazole rings is 1. The summed E-state index contributed by atoms with van der Waals surface area (Å²) in [5.74, 6) is -0.379. The molecule has 0 saturated heterocycles. The Labute approximate surface area is 160 Å². The number of aromatic nitrogens is 2. The zero-order chi connectivity index (χ0) is 19.0. The topological polar surface area (TPSA) is 72.1 Å². The van der Waals surface area contributed by atoms with Crippen LogP contribution in [0, 0.1) is 5.82 Å². The van der Waals surface area contributed by atoms with Gasteiger partial charge in [0.05, 0.1) is 29.2 Å². The summed E-state index contributed by atoms with van der Waals surface area (Å²) in [6.07, 6.45) is 1.03. The fraction of sp³-hybridized carbons (Fsp3) is 0.250. The molecule has 0 saturated carbocycles. The number of halogens is 1. The fourth-order valence-corrected chi connectivity index (χ4v) is 4.11. The number of rotatable bonds is 4. The number of hydrogen-bond acceptors (Lipinski definition) is 6. The Morgan fingerprint density at radius 3 is 2.78 bits per heavy atom. The number of pyridine rings is 1. The molecule has 0 spiro atoms. The first-order valence-corrected chi connectivity index (χ1v) is 9.53. The molecule has 0 aliphatic carbocycles. The standard InChI is InChI=1S/C20H19FN4OS/c1-25-9-8-19-17(11-25)24-20(27-19)18(26)10-16-14(22)6-7-15(23-16)12-2-4-13(21)5-3-12/h2-7H,8-11,22H2,1H3. The van der Waals surface area contributed by atoms with Gasteiger partial charge in [-0.3, -0.25) is 9.78 Å². The maximum Gasteiger partial charge on any atom is 0.197 e. The molecule has 1 aliphatic rings. The monoisotopic (exact) mass is 382 g/mol. The first-order chi connectivity index (χ1) is 13.0. The van der Waals surface area contributed by atoms with Crippen LogP contribution in [0.25, 0.3) is 11.3 Å². The van der Waals surface area contributed by atoms with Crippen molar-refractivity contribution in [2.45, 2.75) is 19.4 Å². The van der Waals surface area contributed by atoms with Gasteiger partial charge in [-0.25, -0.2) is 9.37 Å². The van der Waals surface area contributed by atoms with Gasteiger partial charge in [0.25, 0.3) is 0 Å². The Hall–Kier alpha value is -2.64. The van der Waals surface area contributed by atoms with E-state index in [1.54, 1.807) is 24.3 Å². The number of carbonyl (C=O) groups is 1. The third-order valence-corrected chi connectivity index (χ3v) is 5.83. The third kappa shape index (κ3) is 3.74. The molecular weight excluding hydrogens is 363 g/mol. The SMILES string of the molecule is CN1CCc2sc(C(=O)Cc3nc(-c4ccc(F)cc4)ccc3N)nc2C1. The number of nitrogens with two attached hydrogens (primary N) is 1. The van der Waals surface area contributed by atoms with E-state index in [2.05, 4.69) is 21.9 Å². The quantitative estimate of drug-likeness (QED) is 0.701. The van der Waals surface area contributed by atoms with E-state index < -0.39 is 0 Å². The van der Waals surface area contributed by atoms with Crippen molar-refractivity contribution in [3.63, 3.8) is 0 Å². The van der Waals surface area contributed by atoms with Crippen LogP contribution in [-0.4, -0.2) is 34.2 Å². The van der Waals surface area contributed by atoms with Gasteiger partial charge in [-0.15, -0.1) is 11.3 Å². The van der Waals surface area contributed by atoms with Crippen LogP contribution in [0.2, 0.25) is 0 Å². The van der Waals surface area contributed by atoms with Gasteiger partial charge in [-0.1, -0.05) is 0 Å². The van der Waals surface area contributed by atoms with Crippen LogP contribution in [0.3, 0.4) is 0 Å². The molecule has 2 aromatic heterocycles. The zero-order valence-electron chi connectivity index (χ0n) is 14.9. The molecule has 0 amide bonds. The van der Waals surface area contributed by atoms with Crippen molar-refractivity contribution in [2.24, 2.45) is 0 Å². The summed E-state index contributed by atoms with van der Waals surface area (Å²) < 4.78 is 13.1. The lowest BCUT2D eigenvalue weighted by molar-refractivity contribution is 0.0991. The molecule has 0 unspecified atom stereocenters. The molecule has 2 N–H and O–H groups in total. The number of nitrogens with zero attached hydrogens (tertiary/aromatic N) is 3. The largest absolute Gasteiger partial charge is 0.397 e. The van der Waals surface area contributed by atoms with E-state index >= 15 is 0 Å². The van der Waals surface area contributed by atoms with Crippen molar-refractivity contribution in [1.29, 1.82) is 0 Å². The van der Waals surface area contributed by atoms with Crippen molar-refractivity contribution >= 4 is 22.8 Å². The number of Topliss-reactive ketones (excluding diaryl/α,β-unsaturated/α-hetero) is 1. The van der Waals surface area contributed by atoms with Crippen LogP contribution in [0.5, 0.6) is 0 Å². The summed E-state index contributed by atoms with van der Waals surface area (Å²) in [7, 11) is 2.05. The number of carbonyl (C=O) groups excluding carboxylic acids is 1. The third-order valence-electron chi connectivity index (χ3n) is 4.63. The second-order valence-electron chi connectivity index (χ2n) is 6.72. The van der Waals surface area contributed by atoms with Gasteiger partial charge in [0.15, 0.2) is 10.8 Å².